The van der Waals surface area contributed by atoms with Crippen LogP contribution in [-0.2, 0) is 20.0 Å². The molecule has 0 aliphatic rings. The number of carbonyl (C=O) groups is 1. The molecule has 0 aliphatic carbocycles. The van der Waals surface area contributed by atoms with E-state index in [0.717, 1.165) is 16.3 Å². The van der Waals surface area contributed by atoms with Crippen molar-refractivity contribution >= 4 is 29.5 Å². The zero-order valence-electron chi connectivity index (χ0n) is 15.8. The van der Waals surface area contributed by atoms with E-state index in [1.807, 2.05) is 65.8 Å². The highest BCUT2D eigenvalue weighted by Gasteiger charge is 2.19. The third kappa shape index (κ3) is 4.36. The Morgan fingerprint density at radius 2 is 2.07 bits per heavy atom. The van der Waals surface area contributed by atoms with Gasteiger partial charge in [-0.2, -0.15) is 10.2 Å². The van der Waals surface area contributed by atoms with Crippen molar-refractivity contribution in [1.82, 2.24) is 29.9 Å². The van der Waals surface area contributed by atoms with E-state index in [2.05, 4.69) is 20.6 Å². The lowest BCUT2D eigenvalue weighted by Crippen LogP contribution is -2.26. The molecule has 7 nitrogen and oxygen atoms in total. The van der Waals surface area contributed by atoms with Gasteiger partial charge in [0.2, 0.25) is 0 Å². The number of hydrogen-bond donors (Lipinski definition) is 2. The number of carbonyl (C=O) groups excluding carboxylic acids is 1. The molecular weight excluding hydrogens is 404 g/mol. The zero-order chi connectivity index (χ0) is 20.2. The number of nitrogens with zero attached hydrogens (tertiary/aromatic N) is 4. The molecule has 9 heteroatoms. The molecule has 0 atom stereocenters. The third-order valence-corrected chi connectivity index (χ3v) is 5.80. The maximum atomic E-state index is 12.9. The number of thiophene rings is 1. The summed E-state index contributed by atoms with van der Waals surface area (Å²) >= 11 is 6.69. The molecule has 4 aromatic rings. The van der Waals surface area contributed by atoms with Gasteiger partial charge in [0.15, 0.2) is 4.77 Å². The topological polar surface area (TPSA) is 80.5 Å². The van der Waals surface area contributed by atoms with E-state index >= 15 is 0 Å². The van der Waals surface area contributed by atoms with Gasteiger partial charge in [-0.05, 0) is 29.2 Å². The first kappa shape index (κ1) is 19.3. The summed E-state index contributed by atoms with van der Waals surface area (Å²) in [5, 5.41) is 16.6. The number of aromatic nitrogens is 5. The zero-order valence-corrected chi connectivity index (χ0v) is 17.5. The number of nitrogens with one attached hydrogen (secondary N) is 2. The van der Waals surface area contributed by atoms with Crippen LogP contribution in [0.1, 0.15) is 21.7 Å². The molecular formula is C20H20N6OS2. The Morgan fingerprint density at radius 3 is 2.76 bits per heavy atom. The van der Waals surface area contributed by atoms with Gasteiger partial charge in [-0.15, -0.1) is 11.3 Å². The normalized spacial score (nSPS) is 10.9. The van der Waals surface area contributed by atoms with E-state index in [0.29, 0.717) is 35.5 Å². The van der Waals surface area contributed by atoms with Crippen molar-refractivity contribution in [2.75, 3.05) is 6.54 Å². The second kappa shape index (κ2) is 8.54. The SMILES string of the molecule is Cn1c(CCNC(=O)c2cn(Cc3ccccc3)nc2-c2cccs2)n[nH]c1=S. The van der Waals surface area contributed by atoms with Crippen molar-refractivity contribution in [2.24, 2.45) is 7.05 Å². The van der Waals surface area contributed by atoms with Crippen LogP contribution in [0, 0.1) is 4.77 Å². The minimum atomic E-state index is -0.149. The lowest BCUT2D eigenvalue weighted by Gasteiger charge is -2.04. The van der Waals surface area contributed by atoms with Gasteiger partial charge in [-0.3, -0.25) is 14.6 Å². The lowest BCUT2D eigenvalue weighted by molar-refractivity contribution is 0.0954. The molecule has 1 aromatic carbocycles. The van der Waals surface area contributed by atoms with Crippen molar-refractivity contribution in [3.8, 4) is 10.6 Å². The van der Waals surface area contributed by atoms with Gasteiger partial charge >= 0.3 is 0 Å². The van der Waals surface area contributed by atoms with E-state index in [1.165, 1.54) is 0 Å². The van der Waals surface area contributed by atoms with Crippen LogP contribution in [0.2, 0.25) is 0 Å². The first-order chi connectivity index (χ1) is 14.1. The van der Waals surface area contributed by atoms with Crippen LogP contribution in [0.5, 0.6) is 0 Å². The molecule has 0 radical (unpaired) electrons. The Kier molecular flexibility index (Phi) is 5.68. The average molecular weight is 425 g/mol. The highest BCUT2D eigenvalue weighted by atomic mass is 32.1. The molecule has 0 unspecified atom stereocenters. The number of H-pyrrole nitrogens is 1. The van der Waals surface area contributed by atoms with Crippen molar-refractivity contribution in [3.05, 3.63) is 75.8 Å². The fraction of sp³-hybridized carbons (Fsp3) is 0.200. The van der Waals surface area contributed by atoms with Crippen molar-refractivity contribution in [1.29, 1.82) is 0 Å². The molecule has 0 fully saturated rings. The van der Waals surface area contributed by atoms with Crippen molar-refractivity contribution in [3.63, 3.8) is 0 Å². The number of amides is 1. The predicted molar refractivity (Wildman–Crippen MR) is 116 cm³/mol. The maximum absolute atomic E-state index is 12.9. The molecule has 0 bridgehead atoms. The van der Waals surface area contributed by atoms with Crippen LogP contribution in [0.15, 0.2) is 54.0 Å². The molecule has 29 heavy (non-hydrogen) atoms. The summed E-state index contributed by atoms with van der Waals surface area (Å²) in [7, 11) is 1.85. The molecule has 0 saturated carbocycles. The monoisotopic (exact) mass is 424 g/mol. The van der Waals surface area contributed by atoms with Gasteiger partial charge in [-0.1, -0.05) is 36.4 Å². The Bertz CT molecular complexity index is 1160. The van der Waals surface area contributed by atoms with Crippen LogP contribution < -0.4 is 5.32 Å². The number of aromatic amines is 1. The molecule has 0 saturated heterocycles. The number of benzene rings is 1. The van der Waals surface area contributed by atoms with E-state index < -0.39 is 0 Å². The Morgan fingerprint density at radius 1 is 1.24 bits per heavy atom. The van der Waals surface area contributed by atoms with E-state index in [-0.39, 0.29) is 5.91 Å². The summed E-state index contributed by atoms with van der Waals surface area (Å²) in [4.78, 5) is 13.9. The highest BCUT2D eigenvalue weighted by molar-refractivity contribution is 7.71. The maximum Gasteiger partial charge on any atom is 0.255 e. The molecule has 2 N–H and O–H groups in total. The van der Waals surface area contributed by atoms with Crippen LogP contribution in [0.25, 0.3) is 10.6 Å². The van der Waals surface area contributed by atoms with Gasteiger partial charge in [0, 0.05) is 26.2 Å². The standard InChI is InChI=1S/C20H20N6OS2/c1-25-17(22-23-20(25)28)9-10-21-19(27)15-13-26(12-14-6-3-2-4-7-14)24-18(15)16-8-5-11-29-16/h2-8,11,13H,9-10,12H2,1H3,(H,21,27)(H,23,28). The average Bonchev–Trinajstić information content (AvgIpc) is 3.46. The molecule has 1 amide bonds. The second-order valence-electron chi connectivity index (χ2n) is 6.56. The van der Waals surface area contributed by atoms with Gasteiger partial charge in [-0.25, -0.2) is 0 Å². The quantitative estimate of drug-likeness (QED) is 0.446. The molecule has 0 spiro atoms. The summed E-state index contributed by atoms with van der Waals surface area (Å²) in [6, 6.07) is 14.0. The Hall–Kier alpha value is -3.04. The van der Waals surface area contributed by atoms with E-state index in [1.54, 1.807) is 15.9 Å². The first-order valence-corrected chi connectivity index (χ1v) is 10.4. The first-order valence-electron chi connectivity index (χ1n) is 9.15. The molecule has 3 heterocycles. The molecule has 4 rings (SSSR count). The number of hydrogen-bond acceptors (Lipinski definition) is 5. The lowest BCUT2D eigenvalue weighted by atomic mass is 10.2. The Labute approximate surface area is 177 Å². The third-order valence-electron chi connectivity index (χ3n) is 4.55. The van der Waals surface area contributed by atoms with Gasteiger partial charge in [0.25, 0.3) is 5.91 Å². The minimum Gasteiger partial charge on any atom is -0.351 e. The molecule has 3 aromatic heterocycles. The minimum absolute atomic E-state index is 0.149. The summed E-state index contributed by atoms with van der Waals surface area (Å²) < 4.78 is 4.18. The smallest absolute Gasteiger partial charge is 0.255 e. The van der Waals surface area contributed by atoms with Crippen molar-refractivity contribution < 1.29 is 4.79 Å². The van der Waals surface area contributed by atoms with Crippen molar-refractivity contribution in [2.45, 2.75) is 13.0 Å². The summed E-state index contributed by atoms with van der Waals surface area (Å²) in [5.74, 6) is 0.651. The Balaban J connectivity index is 1.52. The van der Waals surface area contributed by atoms with Crippen LogP contribution in [0.3, 0.4) is 0 Å². The van der Waals surface area contributed by atoms with Gasteiger partial charge in [0.05, 0.1) is 17.0 Å². The van der Waals surface area contributed by atoms with Crippen LogP contribution in [-0.4, -0.2) is 37.0 Å². The largest absolute Gasteiger partial charge is 0.351 e. The van der Waals surface area contributed by atoms with Crippen LogP contribution in [0.4, 0.5) is 0 Å². The van der Waals surface area contributed by atoms with Gasteiger partial charge < -0.3 is 9.88 Å². The van der Waals surface area contributed by atoms with E-state index in [4.69, 9.17) is 12.2 Å². The van der Waals surface area contributed by atoms with Crippen LogP contribution >= 0.6 is 23.6 Å². The molecule has 0 aliphatic heterocycles. The summed E-state index contributed by atoms with van der Waals surface area (Å²) in [6.45, 7) is 1.07. The fourth-order valence-corrected chi connectivity index (χ4v) is 3.89. The summed E-state index contributed by atoms with van der Waals surface area (Å²) in [5.41, 5.74) is 2.40. The fourth-order valence-electron chi connectivity index (χ4n) is 3.02. The second-order valence-corrected chi connectivity index (χ2v) is 7.90. The van der Waals surface area contributed by atoms with Gasteiger partial charge in [0.1, 0.15) is 11.5 Å². The van der Waals surface area contributed by atoms with E-state index in [9.17, 15) is 4.79 Å². The molecule has 148 valence electrons. The predicted octanol–water partition coefficient (Wildman–Crippen LogP) is 3.42. The summed E-state index contributed by atoms with van der Waals surface area (Å²) in [6.07, 6.45) is 2.40. The highest BCUT2D eigenvalue weighted by Crippen LogP contribution is 2.27. The number of rotatable bonds is 7.